The van der Waals surface area contributed by atoms with Gasteiger partial charge in [0.05, 0.1) is 23.4 Å². The molecule has 1 aliphatic heterocycles. The van der Waals surface area contributed by atoms with Crippen LogP contribution in [0.5, 0.6) is 0 Å². The highest BCUT2D eigenvalue weighted by Gasteiger charge is 2.18. The maximum absolute atomic E-state index is 12.1. The molecule has 0 unspecified atom stereocenters. The minimum Gasteiger partial charge on any atom is -0.450 e. The van der Waals surface area contributed by atoms with Crippen LogP contribution in [0.2, 0.25) is 5.02 Å². The third-order valence-corrected chi connectivity index (χ3v) is 6.04. The molecule has 7 nitrogen and oxygen atoms in total. The number of halogens is 1. The highest BCUT2D eigenvalue weighted by atomic mass is 35.5. The van der Waals surface area contributed by atoms with E-state index in [1.165, 1.54) is 0 Å². The number of aliphatic imine (C=N–C) groups is 1. The van der Waals surface area contributed by atoms with E-state index in [9.17, 15) is 9.59 Å². The average Bonchev–Trinajstić information content (AvgIpc) is 3.23. The van der Waals surface area contributed by atoms with Crippen molar-refractivity contribution in [3.8, 4) is 11.1 Å². The van der Waals surface area contributed by atoms with E-state index in [1.54, 1.807) is 13.0 Å². The van der Waals surface area contributed by atoms with Crippen LogP contribution in [0.4, 0.5) is 10.5 Å². The van der Waals surface area contributed by atoms with Gasteiger partial charge in [0, 0.05) is 28.8 Å². The molecule has 0 saturated carbocycles. The van der Waals surface area contributed by atoms with Crippen LogP contribution in [0.1, 0.15) is 23.7 Å². The van der Waals surface area contributed by atoms with Crippen molar-refractivity contribution in [1.29, 1.82) is 0 Å². The molecule has 0 spiro atoms. The molecule has 0 bridgehead atoms. The SMILES string of the molecule is CCOC(=O)NC1=Nc2cc(-c3cc(Cc4n[nH]c(=O)c5ccccc45)ccc3Cl)ccc2C1. The number of aromatic amines is 1. The number of hydrogen-bond acceptors (Lipinski definition) is 5. The predicted molar refractivity (Wildman–Crippen MR) is 133 cm³/mol. The molecule has 0 radical (unpaired) electrons. The zero-order valence-corrected chi connectivity index (χ0v) is 19.1. The normalized spacial score (nSPS) is 12.4. The summed E-state index contributed by atoms with van der Waals surface area (Å²) in [5.41, 5.74) is 5.20. The Hall–Kier alpha value is -3.97. The third-order valence-electron chi connectivity index (χ3n) is 5.71. The Balaban J connectivity index is 1.45. The molecule has 0 saturated heterocycles. The quantitative estimate of drug-likeness (QED) is 0.428. The molecule has 0 fully saturated rings. The Bertz CT molecular complexity index is 1510. The van der Waals surface area contributed by atoms with Crippen LogP contribution in [0.3, 0.4) is 0 Å². The number of nitrogens with zero attached hydrogens (tertiary/aromatic N) is 2. The van der Waals surface area contributed by atoms with E-state index < -0.39 is 6.09 Å². The Labute approximate surface area is 200 Å². The van der Waals surface area contributed by atoms with Crippen molar-refractivity contribution in [2.45, 2.75) is 19.8 Å². The van der Waals surface area contributed by atoms with Gasteiger partial charge >= 0.3 is 6.09 Å². The number of rotatable bonds is 4. The van der Waals surface area contributed by atoms with Crippen molar-refractivity contribution in [3.05, 3.63) is 92.9 Å². The molecule has 2 N–H and O–H groups in total. The number of H-pyrrole nitrogens is 1. The van der Waals surface area contributed by atoms with Crippen LogP contribution in [0, 0.1) is 0 Å². The number of benzene rings is 3. The van der Waals surface area contributed by atoms with Gasteiger partial charge in [-0.3, -0.25) is 10.1 Å². The Morgan fingerprint density at radius 2 is 1.94 bits per heavy atom. The summed E-state index contributed by atoms with van der Waals surface area (Å²) in [6, 6.07) is 19.3. The van der Waals surface area contributed by atoms with Crippen molar-refractivity contribution < 1.29 is 9.53 Å². The molecule has 3 aromatic carbocycles. The summed E-state index contributed by atoms with van der Waals surface area (Å²) in [7, 11) is 0. The van der Waals surface area contributed by atoms with Crippen LogP contribution in [0.15, 0.2) is 70.5 Å². The number of ether oxygens (including phenoxy) is 1. The number of alkyl carbamates (subject to hydrolysis) is 1. The fraction of sp³-hybridized carbons (Fsp3) is 0.154. The number of amidine groups is 1. The molecular weight excluding hydrogens is 452 g/mol. The highest BCUT2D eigenvalue weighted by Crippen LogP contribution is 2.35. The van der Waals surface area contributed by atoms with E-state index in [0.717, 1.165) is 39.0 Å². The molecule has 0 atom stereocenters. The summed E-state index contributed by atoms with van der Waals surface area (Å²) in [5.74, 6) is 0.557. The second-order valence-electron chi connectivity index (χ2n) is 7.96. The van der Waals surface area contributed by atoms with Gasteiger partial charge in [0.25, 0.3) is 5.56 Å². The molecule has 170 valence electrons. The second kappa shape index (κ2) is 9.11. The Morgan fingerprint density at radius 1 is 1.12 bits per heavy atom. The smallest absolute Gasteiger partial charge is 0.412 e. The van der Waals surface area contributed by atoms with Crippen LogP contribution in [-0.4, -0.2) is 28.7 Å². The highest BCUT2D eigenvalue weighted by molar-refractivity contribution is 6.33. The zero-order chi connectivity index (χ0) is 23.7. The van der Waals surface area contributed by atoms with Crippen LogP contribution in [-0.2, 0) is 17.6 Å². The molecular formula is C26H21ClN4O3. The zero-order valence-electron chi connectivity index (χ0n) is 18.4. The average molecular weight is 473 g/mol. The van der Waals surface area contributed by atoms with Crippen LogP contribution in [0.25, 0.3) is 21.9 Å². The van der Waals surface area contributed by atoms with Gasteiger partial charge in [0.1, 0.15) is 5.84 Å². The van der Waals surface area contributed by atoms with Gasteiger partial charge in [0.2, 0.25) is 0 Å². The summed E-state index contributed by atoms with van der Waals surface area (Å²) in [4.78, 5) is 28.4. The van der Waals surface area contributed by atoms with Gasteiger partial charge in [-0.15, -0.1) is 0 Å². The molecule has 8 heteroatoms. The van der Waals surface area contributed by atoms with Crippen molar-refractivity contribution in [3.63, 3.8) is 0 Å². The first-order valence-electron chi connectivity index (χ1n) is 10.9. The first kappa shape index (κ1) is 21.9. The number of carbonyl (C=O) groups is 1. The summed E-state index contributed by atoms with van der Waals surface area (Å²) in [6.45, 7) is 2.06. The molecule has 34 heavy (non-hydrogen) atoms. The lowest BCUT2D eigenvalue weighted by molar-refractivity contribution is 0.157. The van der Waals surface area contributed by atoms with Crippen LogP contribution < -0.4 is 10.9 Å². The van der Waals surface area contributed by atoms with E-state index in [0.29, 0.717) is 35.7 Å². The summed E-state index contributed by atoms with van der Waals surface area (Å²) < 4.78 is 4.93. The number of hydrogen-bond donors (Lipinski definition) is 2. The van der Waals surface area contributed by atoms with Crippen LogP contribution >= 0.6 is 11.6 Å². The minimum absolute atomic E-state index is 0.202. The van der Waals surface area contributed by atoms with Gasteiger partial charge < -0.3 is 4.74 Å². The lowest BCUT2D eigenvalue weighted by atomic mass is 9.98. The first-order valence-corrected chi connectivity index (χ1v) is 11.3. The van der Waals surface area contributed by atoms with Crippen molar-refractivity contribution in [2.24, 2.45) is 4.99 Å². The molecule has 1 aliphatic rings. The van der Waals surface area contributed by atoms with E-state index in [1.807, 2.05) is 54.6 Å². The van der Waals surface area contributed by atoms with Crippen molar-refractivity contribution in [1.82, 2.24) is 15.5 Å². The molecule has 0 aliphatic carbocycles. The number of carbonyl (C=O) groups excluding carboxylic acids is 1. The largest absolute Gasteiger partial charge is 0.450 e. The van der Waals surface area contributed by atoms with E-state index >= 15 is 0 Å². The lowest BCUT2D eigenvalue weighted by Gasteiger charge is -2.10. The molecule has 4 aromatic rings. The first-order chi connectivity index (χ1) is 16.5. The minimum atomic E-state index is -0.506. The number of fused-ring (bicyclic) bond motifs is 2. The number of nitrogens with one attached hydrogen (secondary N) is 2. The maximum Gasteiger partial charge on any atom is 0.412 e. The monoisotopic (exact) mass is 472 g/mol. The van der Waals surface area contributed by atoms with Gasteiger partial charge in [-0.25, -0.2) is 14.9 Å². The van der Waals surface area contributed by atoms with E-state index in [-0.39, 0.29) is 5.56 Å². The lowest BCUT2D eigenvalue weighted by Crippen LogP contribution is -2.30. The van der Waals surface area contributed by atoms with Crippen molar-refractivity contribution >= 4 is 40.0 Å². The van der Waals surface area contributed by atoms with Gasteiger partial charge in [-0.05, 0) is 47.9 Å². The fourth-order valence-corrected chi connectivity index (χ4v) is 4.34. The third kappa shape index (κ3) is 4.30. The molecule has 1 amide bonds. The standard InChI is InChI=1S/C26H21ClN4O3/c1-2-34-26(33)29-24-14-17-9-8-16(13-22(17)28-24)20-11-15(7-10-21(20)27)12-23-18-5-3-4-6-19(18)25(32)31-30-23/h3-11,13H,2,12,14H2,1H3,(H,31,32)(H,28,29,33). The molecule has 5 rings (SSSR count). The fourth-order valence-electron chi connectivity index (χ4n) is 4.11. The maximum atomic E-state index is 12.1. The second-order valence-corrected chi connectivity index (χ2v) is 8.37. The number of aromatic nitrogens is 2. The van der Waals surface area contributed by atoms with E-state index in [4.69, 9.17) is 16.3 Å². The topological polar surface area (TPSA) is 96.4 Å². The van der Waals surface area contributed by atoms with Gasteiger partial charge in [-0.2, -0.15) is 5.10 Å². The Kier molecular flexibility index (Phi) is 5.86. The van der Waals surface area contributed by atoms with Gasteiger partial charge in [0.15, 0.2) is 0 Å². The van der Waals surface area contributed by atoms with Gasteiger partial charge in [-0.1, -0.05) is 48.0 Å². The molecule has 1 aromatic heterocycles. The van der Waals surface area contributed by atoms with Crippen molar-refractivity contribution in [2.75, 3.05) is 6.61 Å². The summed E-state index contributed by atoms with van der Waals surface area (Å²) in [6.07, 6.45) is 0.569. The molecule has 2 heterocycles. The Morgan fingerprint density at radius 3 is 2.76 bits per heavy atom. The number of amides is 1. The summed E-state index contributed by atoms with van der Waals surface area (Å²) >= 11 is 6.56. The predicted octanol–water partition coefficient (Wildman–Crippen LogP) is 5.17. The van der Waals surface area contributed by atoms with E-state index in [2.05, 4.69) is 20.5 Å². The summed E-state index contributed by atoms with van der Waals surface area (Å²) in [5, 5.41) is 11.6.